The largest absolute Gasteiger partial charge is 0.483 e. The highest BCUT2D eigenvalue weighted by molar-refractivity contribution is 5.78. The van der Waals surface area contributed by atoms with E-state index in [0.717, 1.165) is 29.7 Å². The lowest BCUT2D eigenvalue weighted by Crippen LogP contribution is -2.47. The maximum Gasteiger partial charge on any atom is 0.260 e. The molecule has 2 rings (SSSR count). The number of hydrogen-bond acceptors (Lipinski definition) is 3. The Labute approximate surface area is 150 Å². The van der Waals surface area contributed by atoms with Gasteiger partial charge in [-0.1, -0.05) is 26.0 Å². The molecule has 0 radical (unpaired) electrons. The highest BCUT2D eigenvalue weighted by Crippen LogP contribution is 2.27. The molecule has 5 nitrogen and oxygen atoms in total. The van der Waals surface area contributed by atoms with E-state index in [2.05, 4.69) is 26.0 Å². The Morgan fingerprint density at radius 2 is 1.92 bits per heavy atom. The van der Waals surface area contributed by atoms with Crippen LogP contribution in [0.2, 0.25) is 0 Å². The van der Waals surface area contributed by atoms with Crippen LogP contribution in [0.3, 0.4) is 0 Å². The first-order valence-electron chi connectivity index (χ1n) is 9.04. The van der Waals surface area contributed by atoms with Crippen molar-refractivity contribution in [3.8, 4) is 5.75 Å². The van der Waals surface area contributed by atoms with Crippen molar-refractivity contribution < 1.29 is 14.3 Å². The topological polar surface area (TPSA) is 49.9 Å². The molecule has 1 aliphatic rings. The lowest BCUT2D eigenvalue weighted by Gasteiger charge is -2.36. The lowest BCUT2D eigenvalue weighted by molar-refractivity contribution is -0.136. The first-order chi connectivity index (χ1) is 11.8. The zero-order valence-corrected chi connectivity index (χ0v) is 16.0. The maximum absolute atomic E-state index is 12.5. The van der Waals surface area contributed by atoms with E-state index in [9.17, 15) is 9.59 Å². The Kier molecular flexibility index (Phi) is 6.45. The summed E-state index contributed by atoms with van der Waals surface area (Å²) in [5.41, 5.74) is 2.25. The van der Waals surface area contributed by atoms with Gasteiger partial charge in [0.25, 0.3) is 5.91 Å². The molecule has 0 atom stereocenters. The number of carbonyl (C=O) groups is 2. The van der Waals surface area contributed by atoms with Crippen LogP contribution in [0.5, 0.6) is 5.75 Å². The number of piperidine rings is 1. The van der Waals surface area contributed by atoms with Crippen molar-refractivity contribution in [2.45, 2.75) is 52.5 Å². The Morgan fingerprint density at radius 1 is 1.28 bits per heavy atom. The second-order valence-electron chi connectivity index (χ2n) is 7.23. The highest BCUT2D eigenvalue weighted by Gasteiger charge is 2.26. The fourth-order valence-corrected chi connectivity index (χ4v) is 3.23. The van der Waals surface area contributed by atoms with Gasteiger partial charge in [0.2, 0.25) is 5.91 Å². The molecule has 0 bridgehead atoms. The number of carbonyl (C=O) groups excluding carboxylic acids is 2. The van der Waals surface area contributed by atoms with Gasteiger partial charge in [0.05, 0.1) is 0 Å². The van der Waals surface area contributed by atoms with E-state index in [-0.39, 0.29) is 24.5 Å². The molecule has 5 heteroatoms. The third-order valence-corrected chi connectivity index (χ3v) is 5.00. The summed E-state index contributed by atoms with van der Waals surface area (Å²) < 4.78 is 5.85. The van der Waals surface area contributed by atoms with Crippen molar-refractivity contribution in [1.82, 2.24) is 9.80 Å². The van der Waals surface area contributed by atoms with Crippen molar-refractivity contribution in [3.05, 3.63) is 29.3 Å². The molecule has 25 heavy (non-hydrogen) atoms. The molecule has 1 fully saturated rings. The summed E-state index contributed by atoms with van der Waals surface area (Å²) in [6, 6.07) is 6.37. The molecule has 138 valence electrons. The predicted octanol–water partition coefficient (Wildman–Crippen LogP) is 2.97. The van der Waals surface area contributed by atoms with Crippen LogP contribution < -0.4 is 4.74 Å². The third-order valence-electron chi connectivity index (χ3n) is 5.00. The molecule has 1 saturated heterocycles. The maximum atomic E-state index is 12.5. The van der Waals surface area contributed by atoms with Crippen molar-refractivity contribution >= 4 is 11.8 Å². The van der Waals surface area contributed by atoms with E-state index in [1.54, 1.807) is 11.8 Å². The van der Waals surface area contributed by atoms with Crippen LogP contribution >= 0.6 is 0 Å². The number of ether oxygens (including phenoxy) is 1. The molecule has 0 spiro atoms. The molecule has 0 aromatic heterocycles. The minimum absolute atomic E-state index is 0.0140. The van der Waals surface area contributed by atoms with Crippen LogP contribution in [0.25, 0.3) is 0 Å². The minimum Gasteiger partial charge on any atom is -0.483 e. The number of rotatable bonds is 5. The van der Waals surface area contributed by atoms with Crippen molar-refractivity contribution in [1.29, 1.82) is 0 Å². The van der Waals surface area contributed by atoms with Crippen LogP contribution in [0.1, 0.15) is 50.7 Å². The van der Waals surface area contributed by atoms with E-state index in [0.29, 0.717) is 19.0 Å². The zero-order chi connectivity index (χ0) is 18.6. The monoisotopic (exact) mass is 346 g/mol. The summed E-state index contributed by atoms with van der Waals surface area (Å²) in [5, 5.41) is 0. The van der Waals surface area contributed by atoms with E-state index in [1.807, 2.05) is 24.9 Å². The standard InChI is InChI=1S/C20H30N2O3/c1-14(2)18-7-6-15(3)12-19(18)25-13-20(24)22-10-8-17(9-11-22)21(5)16(4)23/h6-7,12,14,17H,8-11,13H2,1-5H3. The average Bonchev–Trinajstić information content (AvgIpc) is 2.58. The molecular formula is C20H30N2O3. The number of amides is 2. The quantitative estimate of drug-likeness (QED) is 0.823. The van der Waals surface area contributed by atoms with Crippen LogP contribution in [0.4, 0.5) is 0 Å². The van der Waals surface area contributed by atoms with Gasteiger partial charge in [-0.15, -0.1) is 0 Å². The van der Waals surface area contributed by atoms with Crippen LogP contribution in [0.15, 0.2) is 18.2 Å². The summed E-state index contributed by atoms with van der Waals surface area (Å²) in [6.07, 6.45) is 1.65. The first kappa shape index (κ1) is 19.3. The van der Waals surface area contributed by atoms with Crippen molar-refractivity contribution in [3.63, 3.8) is 0 Å². The van der Waals surface area contributed by atoms with Gasteiger partial charge in [-0.05, 0) is 42.9 Å². The molecule has 2 amide bonds. The molecule has 1 aromatic carbocycles. The van der Waals surface area contributed by atoms with Gasteiger partial charge in [0.1, 0.15) is 5.75 Å². The summed E-state index contributed by atoms with van der Waals surface area (Å²) in [4.78, 5) is 27.5. The number of likely N-dealkylation sites (tertiary alicyclic amines) is 1. The number of nitrogens with zero attached hydrogens (tertiary/aromatic N) is 2. The molecular weight excluding hydrogens is 316 g/mol. The molecule has 0 saturated carbocycles. The van der Waals surface area contributed by atoms with Gasteiger partial charge in [-0.3, -0.25) is 9.59 Å². The van der Waals surface area contributed by atoms with Gasteiger partial charge in [0.15, 0.2) is 6.61 Å². The Bertz CT molecular complexity index is 619. The predicted molar refractivity (Wildman–Crippen MR) is 98.8 cm³/mol. The summed E-state index contributed by atoms with van der Waals surface area (Å²) in [5.74, 6) is 1.24. The van der Waals surface area contributed by atoms with Crippen molar-refractivity contribution in [2.24, 2.45) is 0 Å². The second kappa shape index (κ2) is 8.37. The molecule has 1 aliphatic heterocycles. The first-order valence-corrected chi connectivity index (χ1v) is 9.04. The third kappa shape index (κ3) is 4.97. The number of benzene rings is 1. The van der Waals surface area contributed by atoms with Gasteiger partial charge >= 0.3 is 0 Å². The zero-order valence-electron chi connectivity index (χ0n) is 16.0. The average molecular weight is 346 g/mol. The van der Waals surface area contributed by atoms with Gasteiger partial charge in [0, 0.05) is 33.1 Å². The van der Waals surface area contributed by atoms with E-state index in [4.69, 9.17) is 4.74 Å². The smallest absolute Gasteiger partial charge is 0.260 e. The van der Waals surface area contributed by atoms with Gasteiger partial charge in [-0.25, -0.2) is 0 Å². The molecule has 0 aliphatic carbocycles. The highest BCUT2D eigenvalue weighted by atomic mass is 16.5. The van der Waals surface area contributed by atoms with E-state index in [1.165, 1.54) is 0 Å². The Morgan fingerprint density at radius 3 is 2.48 bits per heavy atom. The van der Waals surface area contributed by atoms with E-state index >= 15 is 0 Å². The summed E-state index contributed by atoms with van der Waals surface area (Å²) in [6.45, 7) is 9.26. The van der Waals surface area contributed by atoms with Gasteiger partial charge < -0.3 is 14.5 Å². The number of aryl methyl sites for hydroxylation is 1. The lowest BCUT2D eigenvalue weighted by atomic mass is 10.0. The minimum atomic E-state index is 0.0140. The van der Waals surface area contributed by atoms with Crippen LogP contribution in [-0.2, 0) is 9.59 Å². The van der Waals surface area contributed by atoms with E-state index < -0.39 is 0 Å². The molecule has 1 aromatic rings. The fraction of sp³-hybridized carbons (Fsp3) is 0.600. The Hall–Kier alpha value is -2.04. The van der Waals surface area contributed by atoms with Crippen molar-refractivity contribution in [2.75, 3.05) is 26.7 Å². The summed E-state index contributed by atoms with van der Waals surface area (Å²) >= 11 is 0. The number of hydrogen-bond donors (Lipinski definition) is 0. The second-order valence-corrected chi connectivity index (χ2v) is 7.23. The van der Waals surface area contributed by atoms with Crippen LogP contribution in [0, 0.1) is 6.92 Å². The normalized spacial score (nSPS) is 15.4. The summed E-state index contributed by atoms with van der Waals surface area (Å²) in [7, 11) is 1.83. The molecule has 0 N–H and O–H groups in total. The molecule has 1 heterocycles. The van der Waals surface area contributed by atoms with Gasteiger partial charge in [-0.2, -0.15) is 0 Å². The fourth-order valence-electron chi connectivity index (χ4n) is 3.23. The molecule has 0 unspecified atom stereocenters. The van der Waals surface area contributed by atoms with Crippen LogP contribution in [-0.4, -0.2) is 54.4 Å². The SMILES string of the molecule is CC(=O)N(C)C1CCN(C(=O)COc2cc(C)ccc2C(C)C)CC1. The Balaban J connectivity index is 1.90.